The van der Waals surface area contributed by atoms with Crippen LogP contribution in [-0.4, -0.2) is 23.8 Å². The molecule has 4 heteroatoms. The van der Waals surface area contributed by atoms with Crippen LogP contribution in [0.3, 0.4) is 0 Å². The van der Waals surface area contributed by atoms with Crippen LogP contribution in [-0.2, 0) is 16.0 Å². The maximum atomic E-state index is 11.5. The summed E-state index contributed by atoms with van der Waals surface area (Å²) in [5.41, 5.74) is 4.81. The van der Waals surface area contributed by atoms with Crippen molar-refractivity contribution in [2.75, 3.05) is 7.11 Å². The maximum Gasteiger partial charge on any atom is 0.308 e. The molecule has 0 fully saturated rings. The number of allylic oxidation sites excluding steroid dienone is 4. The van der Waals surface area contributed by atoms with Gasteiger partial charge in [0.1, 0.15) is 17.1 Å². The molecule has 0 saturated carbocycles. The average Bonchev–Trinajstić information content (AvgIpc) is 2.73. The predicted octanol–water partition coefficient (Wildman–Crippen LogP) is 7.22. The molecule has 1 aliphatic rings. The van der Waals surface area contributed by atoms with Gasteiger partial charge in [0.15, 0.2) is 0 Å². The number of esters is 1. The van der Waals surface area contributed by atoms with Crippen LogP contribution in [0.2, 0.25) is 0 Å². The Bertz CT molecular complexity index is 836. The Hall–Kier alpha value is -2.23. The fourth-order valence-corrected chi connectivity index (χ4v) is 4.41. The molecule has 0 radical (unpaired) electrons. The number of methoxy groups -OCH3 is 1. The molecule has 1 aromatic carbocycles. The second kappa shape index (κ2) is 12.1. The third-order valence-corrected chi connectivity index (χ3v) is 6.62. The van der Waals surface area contributed by atoms with Crippen LogP contribution in [0, 0.1) is 12.8 Å². The smallest absolute Gasteiger partial charge is 0.308 e. The Labute approximate surface area is 194 Å². The van der Waals surface area contributed by atoms with E-state index in [1.54, 1.807) is 6.07 Å². The van der Waals surface area contributed by atoms with Crippen LogP contribution in [0.1, 0.15) is 90.2 Å². The molecule has 0 aliphatic carbocycles. The Balaban J connectivity index is 1.73. The SMILES string of the molecule is COC(=O)C(C)CCC/C(C)=C/CC/C(C)=C/CC[C@]1(C)CCc2cc(O)cc(C)c2O1. The zero-order valence-corrected chi connectivity index (χ0v) is 20.9. The van der Waals surface area contributed by atoms with Crippen molar-refractivity contribution in [1.29, 1.82) is 0 Å². The van der Waals surface area contributed by atoms with Gasteiger partial charge in [-0.1, -0.05) is 30.2 Å². The molecule has 178 valence electrons. The molecular formula is C28H42O4. The zero-order chi connectivity index (χ0) is 23.7. The highest BCUT2D eigenvalue weighted by molar-refractivity contribution is 5.71. The fourth-order valence-electron chi connectivity index (χ4n) is 4.41. The van der Waals surface area contributed by atoms with Gasteiger partial charge in [-0.05, 0) is 109 Å². The number of hydrogen-bond acceptors (Lipinski definition) is 4. The number of fused-ring (bicyclic) bond motifs is 1. The van der Waals surface area contributed by atoms with E-state index in [0.717, 1.165) is 74.7 Å². The third kappa shape index (κ3) is 8.03. The van der Waals surface area contributed by atoms with Crippen molar-refractivity contribution in [3.05, 3.63) is 46.6 Å². The van der Waals surface area contributed by atoms with Gasteiger partial charge >= 0.3 is 5.97 Å². The summed E-state index contributed by atoms with van der Waals surface area (Å²) in [5.74, 6) is 1.15. The second-order valence-electron chi connectivity index (χ2n) is 9.80. The lowest BCUT2D eigenvalue weighted by molar-refractivity contribution is -0.145. The van der Waals surface area contributed by atoms with E-state index in [4.69, 9.17) is 9.47 Å². The first kappa shape index (κ1) is 26.0. The van der Waals surface area contributed by atoms with Crippen LogP contribution in [0.4, 0.5) is 0 Å². The molecule has 0 amide bonds. The van der Waals surface area contributed by atoms with Crippen molar-refractivity contribution >= 4 is 5.97 Å². The highest BCUT2D eigenvalue weighted by Gasteiger charge is 2.32. The third-order valence-electron chi connectivity index (χ3n) is 6.62. The first-order chi connectivity index (χ1) is 15.1. The Morgan fingerprint density at radius 3 is 2.62 bits per heavy atom. The first-order valence-electron chi connectivity index (χ1n) is 12.0. The van der Waals surface area contributed by atoms with Crippen molar-refractivity contribution < 1.29 is 19.4 Å². The molecule has 1 heterocycles. The topological polar surface area (TPSA) is 55.8 Å². The predicted molar refractivity (Wildman–Crippen MR) is 131 cm³/mol. The fraction of sp³-hybridized carbons (Fsp3) is 0.607. The number of benzene rings is 1. The van der Waals surface area contributed by atoms with Crippen LogP contribution < -0.4 is 4.74 Å². The Morgan fingerprint density at radius 2 is 1.91 bits per heavy atom. The summed E-state index contributed by atoms with van der Waals surface area (Å²) in [6.45, 7) is 10.5. The molecule has 1 aliphatic heterocycles. The molecule has 1 unspecified atom stereocenters. The van der Waals surface area contributed by atoms with Crippen molar-refractivity contribution in [2.45, 2.75) is 98.0 Å². The van der Waals surface area contributed by atoms with E-state index in [-0.39, 0.29) is 17.5 Å². The van der Waals surface area contributed by atoms with Gasteiger partial charge in [0.2, 0.25) is 0 Å². The lowest BCUT2D eigenvalue weighted by Crippen LogP contribution is -2.36. The Kier molecular flexibility index (Phi) is 9.86. The minimum Gasteiger partial charge on any atom is -0.508 e. The van der Waals surface area contributed by atoms with Crippen LogP contribution in [0.15, 0.2) is 35.4 Å². The van der Waals surface area contributed by atoms with Gasteiger partial charge in [-0.2, -0.15) is 0 Å². The summed E-state index contributed by atoms with van der Waals surface area (Å²) < 4.78 is 11.2. The second-order valence-corrected chi connectivity index (χ2v) is 9.80. The molecule has 4 nitrogen and oxygen atoms in total. The monoisotopic (exact) mass is 442 g/mol. The number of ether oxygens (including phenoxy) is 2. The van der Waals surface area contributed by atoms with Gasteiger partial charge in [0.05, 0.1) is 13.0 Å². The number of aromatic hydroxyl groups is 1. The standard InChI is InChI=1S/C28H42O4/c1-20(12-8-14-22(3)27(30)31-6)10-7-11-21(2)13-9-16-28(5)17-15-24-19-25(29)18-23(4)26(24)32-28/h10,13,18-19,22,29H,7-9,11-12,14-17H2,1-6H3/b20-10+,21-13+/t22?,28-/m1/s1. The molecule has 32 heavy (non-hydrogen) atoms. The first-order valence-corrected chi connectivity index (χ1v) is 12.0. The van der Waals surface area contributed by atoms with Gasteiger partial charge in [0.25, 0.3) is 0 Å². The number of phenolic OH excluding ortho intramolecular Hbond substituents is 1. The lowest BCUT2D eigenvalue weighted by Gasteiger charge is -2.36. The van der Waals surface area contributed by atoms with Gasteiger partial charge in [0, 0.05) is 0 Å². The van der Waals surface area contributed by atoms with Crippen molar-refractivity contribution in [3.63, 3.8) is 0 Å². The van der Waals surface area contributed by atoms with Crippen LogP contribution in [0.25, 0.3) is 0 Å². The minimum absolute atomic E-state index is 0.0162. The summed E-state index contributed by atoms with van der Waals surface area (Å²) in [6, 6.07) is 3.62. The number of aryl methyl sites for hydroxylation is 2. The number of phenols is 1. The molecule has 2 rings (SSSR count). The molecule has 1 N–H and O–H groups in total. The van der Waals surface area contributed by atoms with E-state index >= 15 is 0 Å². The largest absolute Gasteiger partial charge is 0.508 e. The molecule has 2 atom stereocenters. The molecule has 0 aromatic heterocycles. The zero-order valence-electron chi connectivity index (χ0n) is 20.9. The van der Waals surface area contributed by atoms with Gasteiger partial charge in [-0.15, -0.1) is 0 Å². The number of rotatable bonds is 11. The number of carbonyl (C=O) groups excluding carboxylic acids is 1. The van der Waals surface area contributed by atoms with Crippen molar-refractivity contribution in [2.24, 2.45) is 5.92 Å². The molecule has 1 aromatic rings. The summed E-state index contributed by atoms with van der Waals surface area (Å²) in [4.78, 5) is 11.5. The van der Waals surface area contributed by atoms with E-state index in [1.807, 2.05) is 19.9 Å². The van der Waals surface area contributed by atoms with E-state index in [0.29, 0.717) is 5.75 Å². The molecule has 0 spiro atoms. The van der Waals surface area contributed by atoms with Gasteiger partial charge in [-0.25, -0.2) is 0 Å². The summed E-state index contributed by atoms with van der Waals surface area (Å²) in [7, 11) is 1.45. The number of carbonyl (C=O) groups is 1. The molecule has 0 saturated heterocycles. The van der Waals surface area contributed by atoms with E-state index in [1.165, 1.54) is 18.3 Å². The quantitative estimate of drug-likeness (QED) is 0.290. The highest BCUT2D eigenvalue weighted by Crippen LogP contribution is 2.39. The van der Waals surface area contributed by atoms with Crippen molar-refractivity contribution in [1.82, 2.24) is 0 Å². The Morgan fingerprint density at radius 1 is 1.22 bits per heavy atom. The van der Waals surface area contributed by atoms with Crippen LogP contribution in [0.5, 0.6) is 11.5 Å². The van der Waals surface area contributed by atoms with E-state index in [2.05, 4.69) is 32.9 Å². The normalized spacial score (nSPS) is 19.8. The van der Waals surface area contributed by atoms with E-state index < -0.39 is 0 Å². The van der Waals surface area contributed by atoms with E-state index in [9.17, 15) is 9.90 Å². The highest BCUT2D eigenvalue weighted by atomic mass is 16.5. The molecular weight excluding hydrogens is 400 g/mol. The average molecular weight is 443 g/mol. The minimum atomic E-state index is -0.149. The van der Waals surface area contributed by atoms with Gasteiger partial charge < -0.3 is 14.6 Å². The van der Waals surface area contributed by atoms with Crippen LogP contribution >= 0.6 is 0 Å². The summed E-state index contributed by atoms with van der Waals surface area (Å²) in [6.07, 6.45) is 13.7. The number of hydrogen-bond donors (Lipinski definition) is 1. The van der Waals surface area contributed by atoms with Crippen molar-refractivity contribution in [3.8, 4) is 11.5 Å². The lowest BCUT2D eigenvalue weighted by atomic mass is 9.87. The molecule has 0 bridgehead atoms. The maximum absolute atomic E-state index is 11.5. The summed E-state index contributed by atoms with van der Waals surface area (Å²) in [5, 5.41) is 9.82. The van der Waals surface area contributed by atoms with Gasteiger partial charge in [-0.3, -0.25) is 4.79 Å². The summed E-state index contributed by atoms with van der Waals surface area (Å²) >= 11 is 0.